The molecular formula is C24H22F2N4O4. The first kappa shape index (κ1) is 24.5. The second-order valence-electron chi connectivity index (χ2n) is 7.97. The fourth-order valence-electron chi connectivity index (χ4n) is 3.17. The van der Waals surface area contributed by atoms with Crippen molar-refractivity contribution in [1.82, 2.24) is 9.78 Å². The summed E-state index contributed by atoms with van der Waals surface area (Å²) in [6, 6.07) is 13.7. The van der Waals surface area contributed by atoms with Gasteiger partial charge < -0.3 is 15.2 Å². The number of aromatic nitrogens is 2. The van der Waals surface area contributed by atoms with Gasteiger partial charge in [-0.3, -0.25) is 9.59 Å². The third kappa shape index (κ3) is 5.44. The van der Waals surface area contributed by atoms with Gasteiger partial charge in [0.2, 0.25) is 0 Å². The van der Waals surface area contributed by atoms with Gasteiger partial charge in [-0.1, -0.05) is 18.2 Å². The number of anilines is 1. The van der Waals surface area contributed by atoms with E-state index in [0.29, 0.717) is 11.3 Å². The summed E-state index contributed by atoms with van der Waals surface area (Å²) in [6.07, 6.45) is -2.71. The van der Waals surface area contributed by atoms with Gasteiger partial charge in [-0.2, -0.15) is 15.0 Å². The summed E-state index contributed by atoms with van der Waals surface area (Å²) in [5.74, 6) is -0.786. The predicted molar refractivity (Wildman–Crippen MR) is 120 cm³/mol. The van der Waals surface area contributed by atoms with Crippen molar-refractivity contribution < 1.29 is 23.4 Å². The Balaban J connectivity index is 2.00. The number of ether oxygens (including phenoxy) is 1. The van der Waals surface area contributed by atoms with Crippen molar-refractivity contribution in [3.63, 3.8) is 0 Å². The second kappa shape index (κ2) is 9.80. The van der Waals surface area contributed by atoms with Crippen LogP contribution in [0.5, 0.6) is 5.75 Å². The molecular weight excluding hydrogens is 446 g/mol. The summed E-state index contributed by atoms with van der Waals surface area (Å²) in [7, 11) is 0. The highest BCUT2D eigenvalue weighted by atomic mass is 19.3. The lowest BCUT2D eigenvalue weighted by Gasteiger charge is -2.19. The van der Waals surface area contributed by atoms with E-state index >= 15 is 0 Å². The van der Waals surface area contributed by atoms with Gasteiger partial charge in [0.25, 0.3) is 17.9 Å². The summed E-state index contributed by atoms with van der Waals surface area (Å²) < 4.78 is 31.3. The first-order valence-corrected chi connectivity index (χ1v) is 10.2. The van der Waals surface area contributed by atoms with Crippen molar-refractivity contribution in [2.75, 3.05) is 11.9 Å². The molecule has 0 fully saturated rings. The van der Waals surface area contributed by atoms with Gasteiger partial charge >= 0.3 is 0 Å². The Morgan fingerprint density at radius 1 is 1.26 bits per heavy atom. The van der Waals surface area contributed by atoms with Crippen LogP contribution in [0.1, 0.15) is 41.0 Å². The second-order valence-corrected chi connectivity index (χ2v) is 7.97. The van der Waals surface area contributed by atoms with Crippen molar-refractivity contribution in [3.05, 3.63) is 81.3 Å². The van der Waals surface area contributed by atoms with Crippen molar-refractivity contribution in [3.8, 4) is 17.5 Å². The van der Waals surface area contributed by atoms with Gasteiger partial charge in [0, 0.05) is 0 Å². The number of nitriles is 1. The quantitative estimate of drug-likeness (QED) is 0.548. The molecule has 0 spiro atoms. The molecule has 176 valence electrons. The lowest BCUT2D eigenvalue weighted by atomic mass is 9.96. The number of alkyl halides is 2. The van der Waals surface area contributed by atoms with Crippen LogP contribution >= 0.6 is 0 Å². The van der Waals surface area contributed by atoms with Gasteiger partial charge in [-0.05, 0) is 56.7 Å². The maximum Gasteiger partial charge on any atom is 0.284 e. The molecule has 0 aliphatic heterocycles. The Morgan fingerprint density at radius 2 is 1.97 bits per heavy atom. The third-order valence-corrected chi connectivity index (χ3v) is 4.83. The van der Waals surface area contributed by atoms with Crippen LogP contribution in [0.25, 0.3) is 5.69 Å². The van der Waals surface area contributed by atoms with Crippen LogP contribution in [0.3, 0.4) is 0 Å². The largest absolute Gasteiger partial charge is 0.485 e. The van der Waals surface area contributed by atoms with Crippen LogP contribution < -0.4 is 15.6 Å². The van der Waals surface area contributed by atoms with Gasteiger partial charge in [0.05, 0.1) is 22.5 Å². The van der Waals surface area contributed by atoms with Crippen molar-refractivity contribution in [2.24, 2.45) is 0 Å². The number of rotatable bonds is 7. The molecule has 0 aliphatic rings. The normalized spacial score (nSPS) is 11.2. The lowest BCUT2D eigenvalue weighted by molar-refractivity contribution is 0.0785. The zero-order chi connectivity index (χ0) is 25.0. The van der Waals surface area contributed by atoms with Crippen molar-refractivity contribution in [2.45, 2.75) is 32.8 Å². The summed E-state index contributed by atoms with van der Waals surface area (Å²) in [4.78, 5) is 26.1. The number of halogens is 2. The number of amides is 1. The van der Waals surface area contributed by atoms with Gasteiger partial charge in [0.15, 0.2) is 0 Å². The molecule has 0 bridgehead atoms. The molecule has 0 atom stereocenters. The Bertz CT molecular complexity index is 1320. The van der Waals surface area contributed by atoms with Crippen LogP contribution in [0.15, 0.2) is 53.3 Å². The molecule has 3 aromatic rings. The van der Waals surface area contributed by atoms with E-state index in [4.69, 9.17) is 4.74 Å². The number of hydrogen-bond acceptors (Lipinski definition) is 6. The van der Waals surface area contributed by atoms with Crippen LogP contribution in [-0.2, 0) is 5.60 Å². The Kier molecular flexibility index (Phi) is 7.08. The SMILES string of the molecule is Cc1cc(C(=O)Nc2ccc(C(C)(C)O)cc2C#N)c(=O)n(-c2ccccc2OCC(F)F)n1. The third-order valence-electron chi connectivity index (χ3n) is 4.83. The number of para-hydroxylation sites is 2. The monoisotopic (exact) mass is 468 g/mol. The number of carbonyl (C=O) groups excluding carboxylic acids is 1. The zero-order valence-electron chi connectivity index (χ0n) is 18.7. The van der Waals surface area contributed by atoms with Gasteiger partial charge in [-0.25, -0.2) is 8.78 Å². The first-order valence-electron chi connectivity index (χ1n) is 10.2. The van der Waals surface area contributed by atoms with Gasteiger partial charge in [0.1, 0.15) is 29.7 Å². The minimum atomic E-state index is -2.71. The Labute approximate surface area is 194 Å². The smallest absolute Gasteiger partial charge is 0.284 e. The van der Waals surface area contributed by atoms with E-state index in [1.165, 1.54) is 30.3 Å². The summed E-state index contributed by atoms with van der Waals surface area (Å²) >= 11 is 0. The average molecular weight is 468 g/mol. The van der Waals surface area contributed by atoms with Gasteiger partial charge in [-0.15, -0.1) is 0 Å². The fraction of sp³-hybridized carbons (Fsp3) is 0.250. The number of benzene rings is 2. The summed E-state index contributed by atoms with van der Waals surface area (Å²) in [6.45, 7) is 3.82. The lowest BCUT2D eigenvalue weighted by Crippen LogP contribution is -2.31. The molecule has 0 radical (unpaired) electrons. The van der Waals surface area contributed by atoms with Crippen LogP contribution in [0, 0.1) is 18.3 Å². The minimum Gasteiger partial charge on any atom is -0.485 e. The van der Waals surface area contributed by atoms with Crippen LogP contribution in [-0.4, -0.2) is 33.8 Å². The van der Waals surface area contributed by atoms with Crippen molar-refractivity contribution >= 4 is 11.6 Å². The fourth-order valence-corrected chi connectivity index (χ4v) is 3.17. The van der Waals surface area contributed by atoms with Crippen LogP contribution in [0.2, 0.25) is 0 Å². The first-order chi connectivity index (χ1) is 16.0. The molecule has 0 unspecified atom stereocenters. The molecule has 0 saturated heterocycles. The summed E-state index contributed by atoms with van der Waals surface area (Å²) in [5, 5.41) is 26.3. The van der Waals surface area contributed by atoms with E-state index in [-0.39, 0.29) is 28.3 Å². The molecule has 1 heterocycles. The maximum absolute atomic E-state index is 13.1. The molecule has 2 aromatic carbocycles. The standard InChI is InChI=1S/C24H22F2N4O4/c1-14-10-17(22(31)28-18-9-8-16(24(2,3)33)11-15(18)12-27)23(32)30(29-14)19-6-4-5-7-20(19)34-13-21(25)26/h4-11,21,33H,13H2,1-3H3,(H,28,31). The number of aryl methyl sites for hydroxylation is 1. The van der Waals surface area contributed by atoms with Crippen molar-refractivity contribution in [1.29, 1.82) is 5.26 Å². The number of hydrogen-bond donors (Lipinski definition) is 2. The predicted octanol–water partition coefficient (Wildman–Crippen LogP) is 3.54. The van der Waals surface area contributed by atoms with E-state index in [1.807, 2.05) is 6.07 Å². The topological polar surface area (TPSA) is 117 Å². The van der Waals surface area contributed by atoms with E-state index in [2.05, 4.69) is 10.4 Å². The average Bonchev–Trinajstić information content (AvgIpc) is 2.78. The molecule has 0 aliphatic carbocycles. The maximum atomic E-state index is 13.1. The molecule has 0 saturated carbocycles. The highest BCUT2D eigenvalue weighted by molar-refractivity contribution is 6.04. The minimum absolute atomic E-state index is 0.00309. The molecule has 1 amide bonds. The molecule has 10 heteroatoms. The van der Waals surface area contributed by atoms with E-state index in [1.54, 1.807) is 39.0 Å². The van der Waals surface area contributed by atoms with E-state index in [9.17, 15) is 28.7 Å². The molecule has 1 aromatic heterocycles. The molecule has 3 rings (SSSR count). The number of carbonyl (C=O) groups is 1. The number of aliphatic hydroxyl groups is 1. The van der Waals surface area contributed by atoms with E-state index in [0.717, 1.165) is 4.68 Å². The zero-order valence-corrected chi connectivity index (χ0v) is 18.7. The molecule has 2 N–H and O–H groups in total. The van der Waals surface area contributed by atoms with E-state index < -0.39 is 30.1 Å². The Morgan fingerprint density at radius 3 is 2.62 bits per heavy atom. The highest BCUT2D eigenvalue weighted by Gasteiger charge is 2.21. The van der Waals surface area contributed by atoms with Crippen LogP contribution in [0.4, 0.5) is 14.5 Å². The number of nitrogens with zero attached hydrogens (tertiary/aromatic N) is 3. The number of nitrogens with one attached hydrogen (secondary N) is 1. The summed E-state index contributed by atoms with van der Waals surface area (Å²) in [5.41, 5.74) is -1.13. The highest BCUT2D eigenvalue weighted by Crippen LogP contribution is 2.25. The Hall–Kier alpha value is -4.10. The molecule has 34 heavy (non-hydrogen) atoms. The molecule has 8 nitrogen and oxygen atoms in total.